The van der Waals surface area contributed by atoms with Gasteiger partial charge in [0, 0.05) is 0 Å². The van der Waals surface area contributed by atoms with E-state index in [2.05, 4.69) is 6.92 Å². The number of hydrogen-bond acceptors (Lipinski definition) is 1. The number of aromatic hydroxyl groups is 1. The minimum atomic E-state index is 0.502. The quantitative estimate of drug-likeness (QED) is 0.602. The number of rotatable bonds is 0. The van der Waals surface area contributed by atoms with Gasteiger partial charge in [-0.2, -0.15) is 0 Å². The van der Waals surface area contributed by atoms with Crippen LogP contribution in [0.2, 0.25) is 0 Å². The fourth-order valence-electron chi connectivity index (χ4n) is 2.21. The molecule has 1 aliphatic rings. The Balaban J connectivity index is 2.50. The molecule has 1 heteroatoms. The molecule has 0 radical (unpaired) electrons. The second kappa shape index (κ2) is 3.41. The highest BCUT2D eigenvalue weighted by Gasteiger charge is 2.13. The Bertz CT molecular complexity index is 284. The van der Waals surface area contributed by atoms with Crippen LogP contribution in [0.4, 0.5) is 0 Å². The normalized spacial score (nSPS) is 16.4. The fourth-order valence-corrected chi connectivity index (χ4v) is 2.21. The number of phenols is 1. The molecule has 0 aromatic heterocycles. The highest BCUT2D eigenvalue weighted by Crippen LogP contribution is 2.30. The lowest BCUT2D eigenvalue weighted by Gasteiger charge is -2.10. The zero-order chi connectivity index (χ0) is 9.26. The third-order valence-corrected chi connectivity index (χ3v) is 2.99. The van der Waals surface area contributed by atoms with Crippen molar-refractivity contribution in [2.45, 2.75) is 39.0 Å². The summed E-state index contributed by atoms with van der Waals surface area (Å²) < 4.78 is 0. The van der Waals surface area contributed by atoms with E-state index in [4.69, 9.17) is 0 Å². The van der Waals surface area contributed by atoms with Crippen molar-refractivity contribution >= 4 is 0 Å². The second-order valence-corrected chi connectivity index (χ2v) is 3.92. The molecule has 1 nitrogen and oxygen atoms in total. The van der Waals surface area contributed by atoms with Gasteiger partial charge in [-0.3, -0.25) is 0 Å². The fraction of sp³-hybridized carbons (Fsp3) is 0.500. The molecule has 1 N–H and O–H groups in total. The first kappa shape index (κ1) is 8.61. The minimum absolute atomic E-state index is 0.502. The van der Waals surface area contributed by atoms with Crippen LogP contribution in [0.3, 0.4) is 0 Å². The monoisotopic (exact) mass is 176 g/mol. The van der Waals surface area contributed by atoms with E-state index in [1.54, 1.807) is 0 Å². The van der Waals surface area contributed by atoms with E-state index in [-0.39, 0.29) is 0 Å². The smallest absolute Gasteiger partial charge is 0.119 e. The predicted molar refractivity (Wildman–Crippen MR) is 54.1 cm³/mol. The summed E-state index contributed by atoms with van der Waals surface area (Å²) in [7, 11) is 0. The summed E-state index contributed by atoms with van der Waals surface area (Å²) in [5, 5.41) is 9.71. The molecule has 1 aliphatic carbocycles. The van der Waals surface area contributed by atoms with Crippen LogP contribution >= 0.6 is 0 Å². The van der Waals surface area contributed by atoms with Crippen molar-refractivity contribution in [2.24, 2.45) is 0 Å². The van der Waals surface area contributed by atoms with Crippen LogP contribution in [0.25, 0.3) is 0 Å². The SMILES string of the molecule is Cc1ccc(O)c2c1CCCCC2. The zero-order valence-corrected chi connectivity index (χ0v) is 8.14. The molecule has 0 heterocycles. The van der Waals surface area contributed by atoms with Gasteiger partial charge in [0.2, 0.25) is 0 Å². The van der Waals surface area contributed by atoms with Crippen molar-refractivity contribution in [3.8, 4) is 5.75 Å². The van der Waals surface area contributed by atoms with Crippen LogP contribution < -0.4 is 0 Å². The van der Waals surface area contributed by atoms with Gasteiger partial charge in [0.05, 0.1) is 0 Å². The first-order valence-electron chi connectivity index (χ1n) is 5.09. The average molecular weight is 176 g/mol. The van der Waals surface area contributed by atoms with Crippen LogP contribution in [-0.4, -0.2) is 5.11 Å². The number of phenolic OH excluding ortho intramolecular Hbond substituents is 1. The molecule has 13 heavy (non-hydrogen) atoms. The van der Waals surface area contributed by atoms with Gasteiger partial charge in [-0.1, -0.05) is 12.5 Å². The topological polar surface area (TPSA) is 20.2 Å². The maximum Gasteiger partial charge on any atom is 0.119 e. The third-order valence-electron chi connectivity index (χ3n) is 2.99. The number of aryl methyl sites for hydroxylation is 1. The molecular formula is C12H16O. The van der Waals surface area contributed by atoms with Gasteiger partial charge >= 0.3 is 0 Å². The molecule has 70 valence electrons. The van der Waals surface area contributed by atoms with Gasteiger partial charge in [0.25, 0.3) is 0 Å². The van der Waals surface area contributed by atoms with Crippen LogP contribution in [0.15, 0.2) is 12.1 Å². The van der Waals surface area contributed by atoms with Crippen molar-refractivity contribution < 1.29 is 5.11 Å². The summed E-state index contributed by atoms with van der Waals surface area (Å²) in [4.78, 5) is 0. The molecule has 0 bridgehead atoms. The molecule has 0 saturated heterocycles. The summed E-state index contributed by atoms with van der Waals surface area (Å²) in [5.74, 6) is 0.502. The Morgan fingerprint density at radius 2 is 1.69 bits per heavy atom. The van der Waals surface area contributed by atoms with E-state index in [0.29, 0.717) is 5.75 Å². The van der Waals surface area contributed by atoms with E-state index >= 15 is 0 Å². The predicted octanol–water partition coefficient (Wildman–Crippen LogP) is 2.97. The maximum absolute atomic E-state index is 9.71. The largest absolute Gasteiger partial charge is 0.508 e. The second-order valence-electron chi connectivity index (χ2n) is 3.92. The van der Waals surface area contributed by atoms with Gasteiger partial charge in [0.1, 0.15) is 5.75 Å². The molecular weight excluding hydrogens is 160 g/mol. The van der Waals surface area contributed by atoms with E-state index in [1.165, 1.54) is 36.0 Å². The summed E-state index contributed by atoms with van der Waals surface area (Å²) in [6.45, 7) is 2.14. The Hall–Kier alpha value is -0.980. The zero-order valence-electron chi connectivity index (χ0n) is 8.14. The van der Waals surface area contributed by atoms with E-state index in [0.717, 1.165) is 12.8 Å². The molecule has 0 aliphatic heterocycles. The first-order valence-corrected chi connectivity index (χ1v) is 5.09. The molecule has 0 spiro atoms. The molecule has 0 unspecified atom stereocenters. The van der Waals surface area contributed by atoms with Crippen LogP contribution in [-0.2, 0) is 12.8 Å². The molecule has 0 amide bonds. The van der Waals surface area contributed by atoms with Gasteiger partial charge in [-0.25, -0.2) is 0 Å². The lowest BCUT2D eigenvalue weighted by molar-refractivity contribution is 0.466. The molecule has 0 atom stereocenters. The van der Waals surface area contributed by atoms with Crippen molar-refractivity contribution in [3.63, 3.8) is 0 Å². The van der Waals surface area contributed by atoms with Gasteiger partial charge in [-0.05, 0) is 55.4 Å². The lowest BCUT2D eigenvalue weighted by atomic mass is 9.97. The van der Waals surface area contributed by atoms with Crippen molar-refractivity contribution in [1.82, 2.24) is 0 Å². The van der Waals surface area contributed by atoms with Crippen LogP contribution in [0.1, 0.15) is 36.0 Å². The van der Waals surface area contributed by atoms with Crippen molar-refractivity contribution in [3.05, 3.63) is 28.8 Å². The summed E-state index contributed by atoms with van der Waals surface area (Å²) >= 11 is 0. The van der Waals surface area contributed by atoms with Crippen molar-refractivity contribution in [1.29, 1.82) is 0 Å². The highest BCUT2D eigenvalue weighted by atomic mass is 16.3. The van der Waals surface area contributed by atoms with Gasteiger partial charge < -0.3 is 5.11 Å². The Morgan fingerprint density at radius 1 is 1.00 bits per heavy atom. The first-order chi connectivity index (χ1) is 6.29. The van der Waals surface area contributed by atoms with Crippen LogP contribution in [0.5, 0.6) is 5.75 Å². The van der Waals surface area contributed by atoms with Crippen LogP contribution in [0, 0.1) is 6.92 Å². The molecule has 0 saturated carbocycles. The Morgan fingerprint density at radius 3 is 2.46 bits per heavy atom. The van der Waals surface area contributed by atoms with Gasteiger partial charge in [-0.15, -0.1) is 0 Å². The van der Waals surface area contributed by atoms with Crippen molar-refractivity contribution in [2.75, 3.05) is 0 Å². The van der Waals surface area contributed by atoms with E-state index in [1.807, 2.05) is 12.1 Å². The third kappa shape index (κ3) is 1.55. The summed E-state index contributed by atoms with van der Waals surface area (Å²) in [6, 6.07) is 3.86. The number of fused-ring (bicyclic) bond motifs is 1. The lowest BCUT2D eigenvalue weighted by Crippen LogP contribution is -1.94. The minimum Gasteiger partial charge on any atom is -0.508 e. The van der Waals surface area contributed by atoms with Gasteiger partial charge in [0.15, 0.2) is 0 Å². The number of benzene rings is 1. The Labute approximate surface area is 79.4 Å². The summed E-state index contributed by atoms with van der Waals surface area (Å²) in [5.41, 5.74) is 3.95. The van der Waals surface area contributed by atoms with E-state index < -0.39 is 0 Å². The molecule has 1 aromatic carbocycles. The highest BCUT2D eigenvalue weighted by molar-refractivity contribution is 5.44. The average Bonchev–Trinajstić information content (AvgIpc) is 2.37. The molecule has 0 fully saturated rings. The number of hydrogen-bond donors (Lipinski definition) is 1. The summed E-state index contributed by atoms with van der Waals surface area (Å²) in [6.07, 6.45) is 6.01. The molecule has 1 aromatic rings. The molecule has 2 rings (SSSR count). The van der Waals surface area contributed by atoms with E-state index in [9.17, 15) is 5.11 Å². The standard InChI is InChI=1S/C12H16O/c1-9-7-8-12(13)11-6-4-2-3-5-10(9)11/h7-8,13H,2-6H2,1H3. The maximum atomic E-state index is 9.71. The Kier molecular flexibility index (Phi) is 2.26.